The summed E-state index contributed by atoms with van der Waals surface area (Å²) < 4.78 is 30.8. The first-order valence-corrected chi connectivity index (χ1v) is 12.9. The van der Waals surface area contributed by atoms with Crippen LogP contribution in [-0.4, -0.2) is 46.5 Å². The van der Waals surface area contributed by atoms with Crippen molar-refractivity contribution in [1.82, 2.24) is 18.8 Å². The van der Waals surface area contributed by atoms with Crippen molar-refractivity contribution < 1.29 is 13.2 Å². The molecule has 0 spiro atoms. The molecule has 2 heterocycles. The number of hydrogen-bond donors (Lipinski definition) is 2. The molecular formula is C21H25N5O5S2. The molecule has 1 aromatic carbocycles. The molecule has 0 aliphatic rings. The number of carbonyl (C=O) groups excluding carboxylic acids is 1. The second kappa shape index (κ2) is 9.89. The van der Waals surface area contributed by atoms with Crippen molar-refractivity contribution in [2.24, 2.45) is 14.1 Å². The average molecular weight is 492 g/mol. The molecule has 1 atom stereocenters. The highest BCUT2D eigenvalue weighted by molar-refractivity contribution is 7.98. The molecule has 0 aliphatic heterocycles. The SMILES string of the molecule is CSCCC(NS(=O)(=O)c1ccc2c(c1)c(=O)n(C)c(=O)n2C)C(=O)Nc1ccc(C)cn1. The van der Waals surface area contributed by atoms with Crippen molar-refractivity contribution in [3.63, 3.8) is 0 Å². The minimum absolute atomic E-state index is 0.0800. The number of aryl methyl sites for hydroxylation is 2. The molecular weight excluding hydrogens is 466 g/mol. The molecule has 1 amide bonds. The van der Waals surface area contributed by atoms with Gasteiger partial charge in [0.1, 0.15) is 11.9 Å². The van der Waals surface area contributed by atoms with Crippen LogP contribution in [0.4, 0.5) is 5.82 Å². The minimum atomic E-state index is -4.15. The molecule has 0 bridgehead atoms. The standard InChI is InChI=1S/C21H25N5O5S2/c1-13-5-8-18(22-12-13)23-19(27)16(9-10-32-4)24-33(30,31)14-6-7-17-15(11-14)20(28)26(3)21(29)25(17)2/h5-8,11-12,16,24H,9-10H2,1-4H3,(H,22,23,27). The van der Waals surface area contributed by atoms with E-state index in [4.69, 9.17) is 0 Å². The number of hydrogen-bond acceptors (Lipinski definition) is 7. The molecule has 0 radical (unpaired) electrons. The highest BCUT2D eigenvalue weighted by Gasteiger charge is 2.26. The van der Waals surface area contributed by atoms with E-state index in [1.54, 1.807) is 18.3 Å². The topological polar surface area (TPSA) is 132 Å². The van der Waals surface area contributed by atoms with Crippen molar-refractivity contribution in [2.75, 3.05) is 17.3 Å². The number of nitrogens with zero attached hydrogens (tertiary/aromatic N) is 3. The van der Waals surface area contributed by atoms with E-state index in [-0.39, 0.29) is 16.7 Å². The van der Waals surface area contributed by atoms with Crippen LogP contribution in [0.3, 0.4) is 0 Å². The number of benzene rings is 1. The zero-order chi connectivity index (χ0) is 24.3. The lowest BCUT2D eigenvalue weighted by Gasteiger charge is -2.18. The maximum absolute atomic E-state index is 13.1. The quantitative estimate of drug-likeness (QED) is 0.480. The number of anilines is 1. The van der Waals surface area contributed by atoms with Crippen molar-refractivity contribution >= 4 is 44.4 Å². The molecule has 3 aromatic rings. The van der Waals surface area contributed by atoms with Crippen LogP contribution in [0.1, 0.15) is 12.0 Å². The van der Waals surface area contributed by atoms with Gasteiger partial charge in [-0.05, 0) is 55.2 Å². The second-order valence-corrected chi connectivity index (χ2v) is 10.2. The van der Waals surface area contributed by atoms with Gasteiger partial charge in [0.05, 0.1) is 15.8 Å². The van der Waals surface area contributed by atoms with E-state index in [2.05, 4.69) is 15.0 Å². The summed E-state index contributed by atoms with van der Waals surface area (Å²) in [6.07, 6.45) is 3.70. The van der Waals surface area contributed by atoms with E-state index in [1.165, 1.54) is 48.6 Å². The molecule has 176 valence electrons. The van der Waals surface area contributed by atoms with Crippen LogP contribution in [0, 0.1) is 6.92 Å². The summed E-state index contributed by atoms with van der Waals surface area (Å²) in [7, 11) is -1.33. The highest BCUT2D eigenvalue weighted by Crippen LogP contribution is 2.17. The number of aromatic nitrogens is 3. The molecule has 12 heteroatoms. The summed E-state index contributed by atoms with van der Waals surface area (Å²) >= 11 is 1.48. The normalized spacial score (nSPS) is 12.6. The Kier molecular flexibility index (Phi) is 7.40. The van der Waals surface area contributed by atoms with E-state index in [0.29, 0.717) is 17.1 Å². The van der Waals surface area contributed by atoms with Gasteiger partial charge in [-0.3, -0.25) is 18.7 Å². The Balaban J connectivity index is 1.94. The van der Waals surface area contributed by atoms with E-state index in [1.807, 2.05) is 13.2 Å². The summed E-state index contributed by atoms with van der Waals surface area (Å²) in [6, 6.07) is 6.28. The molecule has 0 aliphatic carbocycles. The van der Waals surface area contributed by atoms with Gasteiger partial charge in [0.2, 0.25) is 15.9 Å². The second-order valence-electron chi connectivity index (χ2n) is 7.55. The van der Waals surface area contributed by atoms with Crippen molar-refractivity contribution in [3.05, 3.63) is 62.9 Å². The van der Waals surface area contributed by atoms with Crippen LogP contribution < -0.4 is 21.3 Å². The molecule has 2 N–H and O–H groups in total. The van der Waals surface area contributed by atoms with Crippen molar-refractivity contribution in [2.45, 2.75) is 24.3 Å². The van der Waals surface area contributed by atoms with Crippen LogP contribution in [0.2, 0.25) is 0 Å². The number of sulfonamides is 1. The minimum Gasteiger partial charge on any atom is -0.309 e. The van der Waals surface area contributed by atoms with Gasteiger partial charge in [-0.15, -0.1) is 0 Å². The van der Waals surface area contributed by atoms with Crippen LogP contribution in [0.5, 0.6) is 0 Å². The van der Waals surface area contributed by atoms with Gasteiger partial charge in [-0.1, -0.05) is 6.07 Å². The maximum atomic E-state index is 13.1. The molecule has 10 nitrogen and oxygen atoms in total. The smallest absolute Gasteiger partial charge is 0.309 e. The number of fused-ring (bicyclic) bond motifs is 1. The largest absolute Gasteiger partial charge is 0.330 e. The average Bonchev–Trinajstić information content (AvgIpc) is 2.79. The zero-order valence-electron chi connectivity index (χ0n) is 18.7. The first-order valence-electron chi connectivity index (χ1n) is 9.99. The maximum Gasteiger partial charge on any atom is 0.330 e. The fourth-order valence-corrected chi connectivity index (χ4v) is 4.96. The Morgan fingerprint density at radius 1 is 1.15 bits per heavy atom. The summed E-state index contributed by atoms with van der Waals surface area (Å²) in [5.41, 5.74) is 0.115. The van der Waals surface area contributed by atoms with Crippen LogP contribution in [0.15, 0.2) is 51.0 Å². The van der Waals surface area contributed by atoms with E-state index in [0.717, 1.165) is 10.1 Å². The Morgan fingerprint density at radius 3 is 2.52 bits per heavy atom. The first-order chi connectivity index (χ1) is 15.5. The highest BCUT2D eigenvalue weighted by atomic mass is 32.2. The van der Waals surface area contributed by atoms with Crippen molar-refractivity contribution in [1.29, 1.82) is 0 Å². The lowest BCUT2D eigenvalue weighted by atomic mass is 10.2. The third-order valence-corrected chi connectivity index (χ3v) is 7.25. The Hall–Kier alpha value is -2.96. The number of nitrogens with one attached hydrogen (secondary N) is 2. The summed E-state index contributed by atoms with van der Waals surface area (Å²) in [5, 5.41) is 2.71. The molecule has 0 fully saturated rings. The Labute approximate surface area is 195 Å². The predicted molar refractivity (Wildman–Crippen MR) is 129 cm³/mol. The first kappa shape index (κ1) is 24.7. The van der Waals surface area contributed by atoms with Gasteiger partial charge in [0.15, 0.2) is 0 Å². The Morgan fingerprint density at radius 2 is 1.88 bits per heavy atom. The van der Waals surface area contributed by atoms with E-state index >= 15 is 0 Å². The number of amides is 1. The molecule has 2 aromatic heterocycles. The number of thioether (sulfide) groups is 1. The Bertz CT molecular complexity index is 1410. The molecule has 0 saturated carbocycles. The van der Waals surface area contributed by atoms with Gasteiger partial charge in [0, 0.05) is 20.3 Å². The fourth-order valence-electron chi connectivity index (χ4n) is 3.23. The third kappa shape index (κ3) is 5.34. The zero-order valence-corrected chi connectivity index (χ0v) is 20.3. The van der Waals surface area contributed by atoms with Crippen LogP contribution in [-0.2, 0) is 28.9 Å². The molecule has 0 saturated heterocycles. The fraction of sp³-hybridized carbons (Fsp3) is 0.333. The van der Waals surface area contributed by atoms with E-state index < -0.39 is 33.2 Å². The third-order valence-electron chi connectivity index (χ3n) is 5.14. The van der Waals surface area contributed by atoms with Crippen LogP contribution in [0.25, 0.3) is 10.9 Å². The lowest BCUT2D eigenvalue weighted by molar-refractivity contribution is -0.117. The summed E-state index contributed by atoms with van der Waals surface area (Å²) in [5.74, 6) is 0.319. The van der Waals surface area contributed by atoms with E-state index in [9.17, 15) is 22.8 Å². The number of rotatable bonds is 8. The molecule has 33 heavy (non-hydrogen) atoms. The van der Waals surface area contributed by atoms with Gasteiger partial charge in [-0.25, -0.2) is 18.2 Å². The summed E-state index contributed by atoms with van der Waals surface area (Å²) in [4.78, 5) is 41.4. The van der Waals surface area contributed by atoms with Crippen molar-refractivity contribution in [3.8, 4) is 0 Å². The van der Waals surface area contributed by atoms with Gasteiger partial charge >= 0.3 is 5.69 Å². The van der Waals surface area contributed by atoms with Gasteiger partial charge in [-0.2, -0.15) is 16.5 Å². The summed E-state index contributed by atoms with van der Waals surface area (Å²) in [6.45, 7) is 1.86. The monoisotopic (exact) mass is 491 g/mol. The molecule has 3 rings (SSSR count). The van der Waals surface area contributed by atoms with Gasteiger partial charge in [0.25, 0.3) is 5.56 Å². The number of carbonyl (C=O) groups is 1. The van der Waals surface area contributed by atoms with Gasteiger partial charge < -0.3 is 5.32 Å². The lowest BCUT2D eigenvalue weighted by Crippen LogP contribution is -2.44. The molecule has 1 unspecified atom stereocenters. The predicted octanol–water partition coefficient (Wildman–Crippen LogP) is 0.979. The van der Waals surface area contributed by atoms with Crippen LogP contribution >= 0.6 is 11.8 Å². The number of pyridine rings is 1.